The van der Waals surface area contributed by atoms with Gasteiger partial charge in [0.2, 0.25) is 15.9 Å². The zero-order valence-electron chi connectivity index (χ0n) is 17.2. The maximum atomic E-state index is 12.8. The first-order valence-electron chi connectivity index (χ1n) is 10.2. The predicted molar refractivity (Wildman–Crippen MR) is 106 cm³/mol. The van der Waals surface area contributed by atoms with Crippen LogP contribution in [-0.2, 0) is 21.0 Å². The van der Waals surface area contributed by atoms with Gasteiger partial charge in [0.05, 0.1) is 16.5 Å². The van der Waals surface area contributed by atoms with Crippen LogP contribution in [0.15, 0.2) is 29.2 Å². The number of likely N-dealkylation sites (tertiary alicyclic amines) is 1. The van der Waals surface area contributed by atoms with Crippen molar-refractivity contribution >= 4 is 15.9 Å². The average molecular weight is 448 g/mol. The van der Waals surface area contributed by atoms with E-state index < -0.39 is 21.8 Å². The van der Waals surface area contributed by atoms with Crippen molar-refractivity contribution in [3.63, 3.8) is 0 Å². The Morgan fingerprint density at radius 1 is 1.03 bits per heavy atom. The summed E-state index contributed by atoms with van der Waals surface area (Å²) in [7, 11) is -3.87. The number of amides is 1. The molecule has 0 aromatic heterocycles. The fourth-order valence-electron chi connectivity index (χ4n) is 3.92. The summed E-state index contributed by atoms with van der Waals surface area (Å²) in [4.78, 5) is 16.4. The molecule has 2 aliphatic rings. The van der Waals surface area contributed by atoms with Crippen LogP contribution in [0.5, 0.6) is 0 Å². The second-order valence-corrected chi connectivity index (χ2v) is 10.2. The Bertz CT molecular complexity index is 848. The summed E-state index contributed by atoms with van der Waals surface area (Å²) in [6, 6.07) is 3.35. The van der Waals surface area contributed by atoms with Crippen molar-refractivity contribution in [1.82, 2.24) is 14.1 Å². The molecule has 2 heterocycles. The Balaban J connectivity index is 1.59. The number of hydrogen-bond acceptors (Lipinski definition) is 4. The summed E-state index contributed by atoms with van der Waals surface area (Å²) in [5.74, 6) is 0.630. The monoisotopic (exact) mass is 447 g/mol. The van der Waals surface area contributed by atoms with E-state index in [1.807, 2.05) is 9.80 Å². The summed E-state index contributed by atoms with van der Waals surface area (Å²) in [6.07, 6.45) is -2.81. The first-order valence-corrected chi connectivity index (χ1v) is 11.6. The number of hydrogen-bond donors (Lipinski definition) is 0. The lowest BCUT2D eigenvalue weighted by molar-refractivity contribution is -0.137. The summed E-state index contributed by atoms with van der Waals surface area (Å²) in [5.41, 5.74) is -0.881. The van der Waals surface area contributed by atoms with Gasteiger partial charge in [0.1, 0.15) is 0 Å². The quantitative estimate of drug-likeness (QED) is 0.673. The highest BCUT2D eigenvalue weighted by molar-refractivity contribution is 7.89. The molecular weight excluding hydrogens is 419 g/mol. The van der Waals surface area contributed by atoms with E-state index in [1.165, 1.54) is 4.31 Å². The first-order chi connectivity index (χ1) is 14.0. The zero-order chi connectivity index (χ0) is 22.1. The highest BCUT2D eigenvalue weighted by Crippen LogP contribution is 2.30. The van der Waals surface area contributed by atoms with Gasteiger partial charge in [0, 0.05) is 39.3 Å². The van der Waals surface area contributed by atoms with Crippen molar-refractivity contribution in [1.29, 1.82) is 0 Å². The zero-order valence-corrected chi connectivity index (χ0v) is 18.0. The Labute approximate surface area is 175 Å². The molecule has 1 aromatic carbocycles. The lowest BCUT2D eigenvalue weighted by atomic mass is 10.1. The molecule has 10 heteroatoms. The van der Waals surface area contributed by atoms with Crippen molar-refractivity contribution in [2.75, 3.05) is 39.3 Å². The molecule has 1 atom stereocenters. The predicted octanol–water partition coefficient (Wildman–Crippen LogP) is 2.66. The SMILES string of the molecule is CC(C)CCN1CCC(N2CCN(S(=O)(=O)c3ccc(C(F)(F)F)cc3)CC2)C1=O. The lowest BCUT2D eigenvalue weighted by Gasteiger charge is -2.36. The van der Waals surface area contributed by atoms with Gasteiger partial charge in [-0.3, -0.25) is 9.69 Å². The maximum absolute atomic E-state index is 12.8. The van der Waals surface area contributed by atoms with Gasteiger partial charge in [0.15, 0.2) is 0 Å². The smallest absolute Gasteiger partial charge is 0.341 e. The molecule has 0 bridgehead atoms. The van der Waals surface area contributed by atoms with Crippen LogP contribution in [-0.4, -0.2) is 73.7 Å². The maximum Gasteiger partial charge on any atom is 0.416 e. The molecule has 1 aromatic rings. The van der Waals surface area contributed by atoms with E-state index in [1.54, 1.807) is 0 Å². The molecule has 0 saturated carbocycles. The van der Waals surface area contributed by atoms with Gasteiger partial charge >= 0.3 is 6.18 Å². The molecular formula is C20H28F3N3O3S. The number of carbonyl (C=O) groups excluding carboxylic acids is 1. The summed E-state index contributed by atoms with van der Waals surface area (Å²) < 4.78 is 65.0. The summed E-state index contributed by atoms with van der Waals surface area (Å²) in [5, 5.41) is 0. The van der Waals surface area contributed by atoms with E-state index in [9.17, 15) is 26.4 Å². The molecule has 6 nitrogen and oxygen atoms in total. The van der Waals surface area contributed by atoms with Gasteiger partial charge in [0.25, 0.3) is 0 Å². The van der Waals surface area contributed by atoms with E-state index >= 15 is 0 Å². The van der Waals surface area contributed by atoms with Crippen molar-refractivity contribution in [3.05, 3.63) is 29.8 Å². The Morgan fingerprint density at radius 3 is 2.17 bits per heavy atom. The summed E-state index contributed by atoms with van der Waals surface area (Å²) >= 11 is 0. The molecule has 1 amide bonds. The molecule has 0 spiro atoms. The van der Waals surface area contributed by atoms with Gasteiger partial charge in [-0.1, -0.05) is 13.8 Å². The van der Waals surface area contributed by atoms with E-state index in [0.29, 0.717) is 19.0 Å². The van der Waals surface area contributed by atoms with Gasteiger partial charge in [-0.25, -0.2) is 8.42 Å². The number of benzene rings is 1. The highest BCUT2D eigenvalue weighted by Gasteiger charge is 2.39. The number of piperazine rings is 1. The second-order valence-electron chi connectivity index (χ2n) is 8.27. The second kappa shape index (κ2) is 8.84. The fraction of sp³-hybridized carbons (Fsp3) is 0.650. The third-order valence-corrected chi connectivity index (χ3v) is 7.69. The number of sulfonamides is 1. The van der Waals surface area contributed by atoms with Crippen molar-refractivity contribution in [2.24, 2.45) is 5.92 Å². The Kier molecular flexibility index (Phi) is 6.78. The van der Waals surface area contributed by atoms with Crippen molar-refractivity contribution in [2.45, 2.75) is 43.8 Å². The minimum Gasteiger partial charge on any atom is -0.341 e. The minimum absolute atomic E-state index is 0.106. The van der Waals surface area contributed by atoms with Crippen molar-refractivity contribution < 1.29 is 26.4 Å². The lowest BCUT2D eigenvalue weighted by Crippen LogP contribution is -2.53. The average Bonchev–Trinajstić information content (AvgIpc) is 3.06. The van der Waals surface area contributed by atoms with Crippen LogP contribution >= 0.6 is 0 Å². The molecule has 0 N–H and O–H groups in total. The van der Waals surface area contributed by atoms with E-state index in [2.05, 4.69) is 13.8 Å². The third-order valence-electron chi connectivity index (χ3n) is 5.78. The molecule has 3 rings (SSSR count). The van der Waals surface area contributed by atoms with Crippen LogP contribution in [0.3, 0.4) is 0 Å². The largest absolute Gasteiger partial charge is 0.416 e. The van der Waals surface area contributed by atoms with Crippen LogP contribution in [0.2, 0.25) is 0 Å². The van der Waals surface area contributed by atoms with Crippen LogP contribution in [0.1, 0.15) is 32.3 Å². The number of rotatable bonds is 6. The third kappa shape index (κ3) is 4.97. The van der Waals surface area contributed by atoms with Gasteiger partial charge in [-0.05, 0) is 43.0 Å². The molecule has 30 heavy (non-hydrogen) atoms. The topological polar surface area (TPSA) is 60.9 Å². The van der Waals surface area contributed by atoms with Gasteiger partial charge in [-0.2, -0.15) is 17.5 Å². The van der Waals surface area contributed by atoms with Crippen LogP contribution in [0.25, 0.3) is 0 Å². The molecule has 0 aliphatic carbocycles. The molecule has 1 unspecified atom stereocenters. The molecule has 168 valence electrons. The highest BCUT2D eigenvalue weighted by atomic mass is 32.2. The first kappa shape index (κ1) is 23.0. The Hall–Kier alpha value is -1.65. The molecule has 2 saturated heterocycles. The number of alkyl halides is 3. The van der Waals surface area contributed by atoms with Gasteiger partial charge in [-0.15, -0.1) is 0 Å². The number of nitrogens with zero attached hydrogens (tertiary/aromatic N) is 3. The van der Waals surface area contributed by atoms with E-state index in [0.717, 1.165) is 50.2 Å². The van der Waals surface area contributed by atoms with Crippen LogP contribution < -0.4 is 0 Å². The fourth-order valence-corrected chi connectivity index (χ4v) is 5.34. The normalized spacial score (nSPS) is 22.3. The standard InChI is InChI=1S/C20H28F3N3O3S/c1-15(2)7-9-25-10-8-18(19(25)27)24-11-13-26(14-12-24)30(28,29)17-5-3-16(4-6-17)20(21,22)23/h3-6,15,18H,7-14H2,1-2H3. The Morgan fingerprint density at radius 2 is 1.63 bits per heavy atom. The molecule has 2 fully saturated rings. The number of halogens is 3. The van der Waals surface area contributed by atoms with Crippen molar-refractivity contribution in [3.8, 4) is 0 Å². The molecule has 0 radical (unpaired) electrons. The number of carbonyl (C=O) groups is 1. The minimum atomic E-state index is -4.51. The van der Waals surface area contributed by atoms with Crippen LogP contribution in [0, 0.1) is 5.92 Å². The summed E-state index contributed by atoms with van der Waals surface area (Å²) in [6.45, 7) is 6.97. The van der Waals surface area contributed by atoms with Crippen LogP contribution in [0.4, 0.5) is 13.2 Å². The van der Waals surface area contributed by atoms with E-state index in [-0.39, 0.29) is 29.9 Å². The van der Waals surface area contributed by atoms with Gasteiger partial charge < -0.3 is 4.90 Å². The van der Waals surface area contributed by atoms with E-state index in [4.69, 9.17) is 0 Å². The molecule has 2 aliphatic heterocycles.